The molecule has 0 aliphatic carbocycles. The van der Waals surface area contributed by atoms with Gasteiger partial charge in [-0.2, -0.15) is 5.10 Å². The molecule has 6 nitrogen and oxygen atoms in total. The average Bonchev–Trinajstić information content (AvgIpc) is 3.08. The van der Waals surface area contributed by atoms with Gasteiger partial charge in [-0.15, -0.1) is 0 Å². The predicted octanol–water partition coefficient (Wildman–Crippen LogP) is 3.90. The van der Waals surface area contributed by atoms with E-state index in [1.54, 1.807) is 6.20 Å². The van der Waals surface area contributed by atoms with Crippen molar-refractivity contribution in [3.8, 4) is 0 Å². The van der Waals surface area contributed by atoms with Crippen LogP contribution in [0.15, 0.2) is 64.3 Å². The van der Waals surface area contributed by atoms with Gasteiger partial charge in [-0.3, -0.25) is 5.32 Å². The maximum absolute atomic E-state index is 4.81. The van der Waals surface area contributed by atoms with Gasteiger partial charge in [0, 0.05) is 26.2 Å². The molecule has 0 saturated carbocycles. The number of fused-ring (bicyclic) bond motifs is 1. The van der Waals surface area contributed by atoms with Crippen LogP contribution in [0.2, 0.25) is 0 Å². The molecule has 1 atom stereocenters. The van der Waals surface area contributed by atoms with Crippen LogP contribution in [0.4, 0.5) is 11.6 Å². The Morgan fingerprint density at radius 3 is 2.73 bits per heavy atom. The van der Waals surface area contributed by atoms with Gasteiger partial charge in [-0.25, -0.2) is 14.7 Å². The zero-order valence-corrected chi connectivity index (χ0v) is 15.9. The molecule has 1 aliphatic heterocycles. The third-order valence-corrected chi connectivity index (χ3v) is 4.94. The molecule has 1 unspecified atom stereocenters. The van der Waals surface area contributed by atoms with E-state index in [9.17, 15) is 0 Å². The molecule has 1 aromatic carbocycles. The summed E-state index contributed by atoms with van der Waals surface area (Å²) < 4.78 is 2.84. The summed E-state index contributed by atoms with van der Waals surface area (Å²) in [5, 5.41) is 11.1. The van der Waals surface area contributed by atoms with Crippen molar-refractivity contribution in [1.29, 1.82) is 0 Å². The fourth-order valence-electron chi connectivity index (χ4n) is 2.99. The lowest BCUT2D eigenvalue weighted by atomic mass is 10.0. The van der Waals surface area contributed by atoms with E-state index >= 15 is 0 Å². The average molecular weight is 411 g/mol. The van der Waals surface area contributed by atoms with E-state index in [1.807, 2.05) is 42.2 Å². The zero-order chi connectivity index (χ0) is 17.9. The molecule has 3 aromatic rings. The first-order valence-electron chi connectivity index (χ1n) is 8.46. The Morgan fingerprint density at radius 2 is 2.00 bits per heavy atom. The Bertz CT molecular complexity index is 917. The van der Waals surface area contributed by atoms with Crippen molar-refractivity contribution < 1.29 is 0 Å². The summed E-state index contributed by atoms with van der Waals surface area (Å²) in [7, 11) is 1.86. The van der Waals surface area contributed by atoms with Gasteiger partial charge in [0.2, 0.25) is 0 Å². The molecular weight excluding hydrogens is 392 g/mol. The van der Waals surface area contributed by atoms with E-state index in [0.717, 1.165) is 39.4 Å². The van der Waals surface area contributed by atoms with E-state index < -0.39 is 0 Å². The van der Waals surface area contributed by atoms with Crippen LogP contribution in [-0.4, -0.2) is 27.5 Å². The summed E-state index contributed by atoms with van der Waals surface area (Å²) in [4.78, 5) is 9.18. The van der Waals surface area contributed by atoms with Crippen LogP contribution < -0.4 is 10.6 Å². The first kappa shape index (κ1) is 16.9. The molecule has 1 aliphatic rings. The molecule has 2 aromatic heterocycles. The van der Waals surface area contributed by atoms with Gasteiger partial charge in [0.15, 0.2) is 5.82 Å². The van der Waals surface area contributed by atoms with E-state index in [1.165, 1.54) is 0 Å². The summed E-state index contributed by atoms with van der Waals surface area (Å²) >= 11 is 3.56. The number of halogens is 1. The Labute approximate surface area is 160 Å². The number of rotatable bonds is 5. The highest BCUT2D eigenvalue weighted by atomic mass is 79.9. The standard InChI is InChI=1S/C19H19BrN6/c1-21-17-8-7-13(10-22-17)11-23-18-9-16(14-5-3-2-4-6-14)25-19-15(20)12-24-26(18)19/h2-8,10,12,18,23H,9,11H2,1H3,(H,21,22). The summed E-state index contributed by atoms with van der Waals surface area (Å²) in [6.07, 6.45) is 4.49. The number of nitrogens with one attached hydrogen (secondary N) is 2. The summed E-state index contributed by atoms with van der Waals surface area (Å²) in [5.74, 6) is 1.71. The number of aromatic nitrogens is 3. The molecule has 4 rings (SSSR count). The molecule has 0 amide bonds. The number of hydrogen-bond donors (Lipinski definition) is 2. The van der Waals surface area contributed by atoms with Crippen molar-refractivity contribution in [3.63, 3.8) is 0 Å². The van der Waals surface area contributed by atoms with E-state index in [2.05, 4.69) is 54.8 Å². The third-order valence-electron chi connectivity index (χ3n) is 4.38. The Kier molecular flexibility index (Phi) is 4.81. The minimum absolute atomic E-state index is 0.0352. The lowest BCUT2D eigenvalue weighted by Crippen LogP contribution is -2.31. The number of hydrogen-bond acceptors (Lipinski definition) is 5. The molecule has 0 spiro atoms. The fourth-order valence-corrected chi connectivity index (χ4v) is 3.36. The highest BCUT2D eigenvalue weighted by molar-refractivity contribution is 9.10. The second kappa shape index (κ2) is 7.39. The number of aliphatic imine (C=N–C) groups is 1. The monoisotopic (exact) mass is 410 g/mol. The van der Waals surface area contributed by atoms with E-state index in [4.69, 9.17) is 4.99 Å². The lowest BCUT2D eigenvalue weighted by molar-refractivity contribution is 0.376. The minimum atomic E-state index is 0.0352. The number of nitrogens with zero attached hydrogens (tertiary/aromatic N) is 4. The maximum atomic E-state index is 4.81. The summed E-state index contributed by atoms with van der Waals surface area (Å²) in [6.45, 7) is 0.709. The van der Waals surface area contributed by atoms with Crippen molar-refractivity contribution in [2.24, 2.45) is 4.99 Å². The van der Waals surface area contributed by atoms with Gasteiger partial charge in [0.05, 0.1) is 16.4 Å². The van der Waals surface area contributed by atoms with Crippen molar-refractivity contribution in [3.05, 3.63) is 70.5 Å². The van der Waals surface area contributed by atoms with Crippen LogP contribution in [0.5, 0.6) is 0 Å². The molecular formula is C19H19BrN6. The second-order valence-electron chi connectivity index (χ2n) is 6.09. The van der Waals surface area contributed by atoms with E-state index in [0.29, 0.717) is 6.54 Å². The number of pyridine rings is 1. The number of anilines is 1. The quantitative estimate of drug-likeness (QED) is 0.669. The zero-order valence-electron chi connectivity index (χ0n) is 14.4. The van der Waals surface area contributed by atoms with Gasteiger partial charge in [0.1, 0.15) is 12.0 Å². The molecule has 0 fully saturated rings. The van der Waals surface area contributed by atoms with Crippen molar-refractivity contribution in [2.45, 2.75) is 19.1 Å². The molecule has 26 heavy (non-hydrogen) atoms. The molecule has 0 bridgehead atoms. The molecule has 0 saturated heterocycles. The number of benzene rings is 1. The lowest BCUT2D eigenvalue weighted by Gasteiger charge is -2.25. The highest BCUT2D eigenvalue weighted by Crippen LogP contribution is 2.33. The highest BCUT2D eigenvalue weighted by Gasteiger charge is 2.25. The van der Waals surface area contributed by atoms with Gasteiger partial charge in [-0.05, 0) is 33.1 Å². The first-order valence-corrected chi connectivity index (χ1v) is 9.26. The minimum Gasteiger partial charge on any atom is -0.373 e. The topological polar surface area (TPSA) is 67.1 Å². The Balaban J connectivity index is 1.57. The molecule has 2 N–H and O–H groups in total. The summed E-state index contributed by atoms with van der Waals surface area (Å²) in [5.41, 5.74) is 3.32. The van der Waals surface area contributed by atoms with Crippen LogP contribution in [-0.2, 0) is 6.54 Å². The first-order chi connectivity index (χ1) is 12.7. The molecule has 3 heterocycles. The van der Waals surface area contributed by atoms with Gasteiger partial charge in [-0.1, -0.05) is 36.4 Å². The molecule has 132 valence electrons. The Morgan fingerprint density at radius 1 is 1.15 bits per heavy atom. The van der Waals surface area contributed by atoms with Crippen LogP contribution in [0.1, 0.15) is 23.7 Å². The Hall–Kier alpha value is -2.51. The fraction of sp³-hybridized carbons (Fsp3) is 0.211. The van der Waals surface area contributed by atoms with Gasteiger partial charge in [0.25, 0.3) is 0 Å². The van der Waals surface area contributed by atoms with Gasteiger partial charge < -0.3 is 5.32 Å². The van der Waals surface area contributed by atoms with Crippen molar-refractivity contribution in [1.82, 2.24) is 20.1 Å². The summed E-state index contributed by atoms with van der Waals surface area (Å²) in [6, 6.07) is 14.3. The van der Waals surface area contributed by atoms with Crippen molar-refractivity contribution in [2.75, 3.05) is 12.4 Å². The van der Waals surface area contributed by atoms with Crippen LogP contribution >= 0.6 is 15.9 Å². The maximum Gasteiger partial charge on any atom is 0.166 e. The normalized spacial score (nSPS) is 16.1. The van der Waals surface area contributed by atoms with E-state index in [-0.39, 0.29) is 6.17 Å². The SMILES string of the molecule is CNc1ccc(CNC2CC(c3ccccc3)=Nc3c(Br)cnn32)cn1. The predicted molar refractivity (Wildman–Crippen MR) is 107 cm³/mol. The van der Waals surface area contributed by atoms with Crippen LogP contribution in [0.25, 0.3) is 0 Å². The molecule has 7 heteroatoms. The van der Waals surface area contributed by atoms with Gasteiger partial charge >= 0.3 is 0 Å². The third kappa shape index (κ3) is 3.40. The van der Waals surface area contributed by atoms with Crippen molar-refractivity contribution >= 4 is 33.3 Å². The molecule has 0 radical (unpaired) electrons. The van der Waals surface area contributed by atoms with Crippen LogP contribution in [0.3, 0.4) is 0 Å². The van der Waals surface area contributed by atoms with Crippen LogP contribution in [0, 0.1) is 0 Å². The second-order valence-corrected chi connectivity index (χ2v) is 6.94. The largest absolute Gasteiger partial charge is 0.373 e. The smallest absolute Gasteiger partial charge is 0.166 e.